The molecule has 4 nitrogen and oxygen atoms in total. The summed E-state index contributed by atoms with van der Waals surface area (Å²) in [4.78, 5) is 26.4. The predicted octanol–water partition coefficient (Wildman–Crippen LogP) is 3.17. The normalized spacial score (nSPS) is 24.2. The Labute approximate surface area is 129 Å². The Balaban J connectivity index is 2.11. The molecule has 2 amide bonds. The van der Waals surface area contributed by atoms with Gasteiger partial charge in [0.25, 0.3) is 0 Å². The number of ketones is 1. The van der Waals surface area contributed by atoms with Gasteiger partial charge in [-0.3, -0.25) is 4.79 Å². The quantitative estimate of drug-likeness (QED) is 0.866. The number of hydrogen-bond acceptors (Lipinski definition) is 2. The van der Waals surface area contributed by atoms with Crippen LogP contribution in [-0.4, -0.2) is 23.8 Å². The molecule has 1 aromatic carbocycles. The van der Waals surface area contributed by atoms with Crippen LogP contribution < -0.4 is 5.32 Å². The van der Waals surface area contributed by atoms with Crippen LogP contribution in [0.1, 0.15) is 38.3 Å². The molecule has 0 fully saturated rings. The molecule has 2 aliphatic rings. The summed E-state index contributed by atoms with van der Waals surface area (Å²) in [7, 11) is 1.68. The van der Waals surface area contributed by atoms with Gasteiger partial charge in [0, 0.05) is 24.7 Å². The van der Waals surface area contributed by atoms with Crippen molar-refractivity contribution in [2.24, 2.45) is 5.41 Å². The van der Waals surface area contributed by atoms with Gasteiger partial charge < -0.3 is 10.2 Å². The molecule has 1 aliphatic heterocycles. The molecular formula is C17H19FN2O2. The van der Waals surface area contributed by atoms with Crippen LogP contribution in [0.2, 0.25) is 0 Å². The Bertz CT molecular complexity index is 676. The second-order valence-electron chi connectivity index (χ2n) is 6.79. The first-order chi connectivity index (χ1) is 10.3. The minimum Gasteiger partial charge on any atom is -0.327 e. The van der Waals surface area contributed by atoms with E-state index in [-0.39, 0.29) is 23.0 Å². The summed E-state index contributed by atoms with van der Waals surface area (Å²) in [6.45, 7) is 4.06. The second-order valence-corrected chi connectivity index (χ2v) is 6.79. The van der Waals surface area contributed by atoms with Crippen molar-refractivity contribution in [2.75, 3.05) is 7.05 Å². The van der Waals surface area contributed by atoms with Crippen LogP contribution in [0.15, 0.2) is 35.5 Å². The SMILES string of the molecule is CN1C(=O)N[C@H](c2ccc(F)cc2)C2=C1CC(C)(C)CC2=O. The fourth-order valence-electron chi connectivity index (χ4n) is 3.25. The highest BCUT2D eigenvalue weighted by molar-refractivity contribution is 6.01. The number of benzene rings is 1. The maximum atomic E-state index is 13.1. The summed E-state index contributed by atoms with van der Waals surface area (Å²) in [5, 5.41) is 2.84. The van der Waals surface area contributed by atoms with E-state index in [1.54, 1.807) is 19.2 Å². The van der Waals surface area contributed by atoms with E-state index < -0.39 is 6.04 Å². The summed E-state index contributed by atoms with van der Waals surface area (Å²) in [5.74, 6) is -0.291. The van der Waals surface area contributed by atoms with Crippen molar-refractivity contribution in [3.63, 3.8) is 0 Å². The topological polar surface area (TPSA) is 49.4 Å². The van der Waals surface area contributed by atoms with Crippen molar-refractivity contribution in [1.82, 2.24) is 10.2 Å². The second kappa shape index (κ2) is 4.93. The standard InChI is InChI=1S/C17H19FN2O2/c1-17(2)8-12-14(13(21)9-17)15(19-16(22)20(12)3)10-4-6-11(18)7-5-10/h4-7,15H,8-9H2,1-3H3,(H,19,22)/t15-/m1/s1. The maximum Gasteiger partial charge on any atom is 0.322 e. The van der Waals surface area contributed by atoms with Gasteiger partial charge in [-0.25, -0.2) is 9.18 Å². The third-order valence-electron chi connectivity index (χ3n) is 4.37. The molecule has 0 unspecified atom stereocenters. The van der Waals surface area contributed by atoms with Gasteiger partial charge in [-0.15, -0.1) is 0 Å². The summed E-state index contributed by atoms with van der Waals surface area (Å²) >= 11 is 0. The predicted molar refractivity (Wildman–Crippen MR) is 80.5 cm³/mol. The van der Waals surface area contributed by atoms with E-state index in [2.05, 4.69) is 5.32 Å². The Morgan fingerprint density at radius 1 is 1.18 bits per heavy atom. The Kier molecular flexibility index (Phi) is 3.31. The van der Waals surface area contributed by atoms with Crippen LogP contribution >= 0.6 is 0 Å². The molecule has 5 heteroatoms. The van der Waals surface area contributed by atoms with E-state index in [4.69, 9.17) is 0 Å². The van der Waals surface area contributed by atoms with Gasteiger partial charge in [0.05, 0.1) is 6.04 Å². The minimum atomic E-state index is -0.497. The highest BCUT2D eigenvalue weighted by Crippen LogP contribution is 2.43. The van der Waals surface area contributed by atoms with Crippen LogP contribution in [0, 0.1) is 11.2 Å². The minimum absolute atomic E-state index is 0.0485. The molecule has 22 heavy (non-hydrogen) atoms. The van der Waals surface area contributed by atoms with E-state index in [9.17, 15) is 14.0 Å². The summed E-state index contributed by atoms with van der Waals surface area (Å²) < 4.78 is 13.1. The van der Waals surface area contributed by atoms with E-state index in [0.29, 0.717) is 18.4 Å². The number of nitrogens with one attached hydrogen (secondary N) is 1. The fraction of sp³-hybridized carbons (Fsp3) is 0.412. The van der Waals surface area contributed by atoms with Gasteiger partial charge in [-0.05, 0) is 29.5 Å². The molecular weight excluding hydrogens is 283 g/mol. The van der Waals surface area contributed by atoms with E-state index in [0.717, 1.165) is 11.3 Å². The van der Waals surface area contributed by atoms with E-state index in [1.165, 1.54) is 17.0 Å². The van der Waals surface area contributed by atoms with Gasteiger partial charge in [-0.2, -0.15) is 0 Å². The van der Waals surface area contributed by atoms with Crippen LogP contribution in [-0.2, 0) is 4.79 Å². The van der Waals surface area contributed by atoms with Crippen LogP contribution in [0.3, 0.4) is 0 Å². The van der Waals surface area contributed by atoms with Gasteiger partial charge in [0.15, 0.2) is 5.78 Å². The maximum absolute atomic E-state index is 13.1. The number of allylic oxidation sites excluding steroid dienone is 1. The Hall–Kier alpha value is -2.17. The zero-order chi connectivity index (χ0) is 16.1. The van der Waals surface area contributed by atoms with Gasteiger partial charge in [-0.1, -0.05) is 26.0 Å². The number of carbonyl (C=O) groups excluding carboxylic acids is 2. The number of hydrogen-bond donors (Lipinski definition) is 1. The first-order valence-electron chi connectivity index (χ1n) is 7.34. The monoisotopic (exact) mass is 302 g/mol. The van der Waals surface area contributed by atoms with Crippen LogP contribution in [0.25, 0.3) is 0 Å². The van der Waals surface area contributed by atoms with Crippen molar-refractivity contribution >= 4 is 11.8 Å². The van der Waals surface area contributed by atoms with Gasteiger partial charge >= 0.3 is 6.03 Å². The zero-order valence-electron chi connectivity index (χ0n) is 12.9. The summed E-state index contributed by atoms with van der Waals surface area (Å²) in [6, 6.07) is 5.18. The first kappa shape index (κ1) is 14.8. The average Bonchev–Trinajstić information content (AvgIpc) is 2.43. The molecule has 1 N–H and O–H groups in total. The van der Waals surface area contributed by atoms with Crippen LogP contribution in [0.4, 0.5) is 9.18 Å². The Morgan fingerprint density at radius 2 is 1.82 bits per heavy atom. The number of carbonyl (C=O) groups is 2. The Morgan fingerprint density at radius 3 is 2.45 bits per heavy atom. The number of nitrogens with zero attached hydrogens (tertiary/aromatic N) is 1. The molecule has 116 valence electrons. The number of amides is 2. The first-order valence-corrected chi connectivity index (χ1v) is 7.34. The molecule has 0 spiro atoms. The third-order valence-corrected chi connectivity index (χ3v) is 4.37. The lowest BCUT2D eigenvalue weighted by atomic mass is 9.72. The lowest BCUT2D eigenvalue weighted by Gasteiger charge is -2.42. The fourth-order valence-corrected chi connectivity index (χ4v) is 3.25. The smallest absolute Gasteiger partial charge is 0.322 e. The lowest BCUT2D eigenvalue weighted by molar-refractivity contribution is -0.118. The number of halogens is 1. The number of urea groups is 1. The van der Waals surface area contributed by atoms with Crippen molar-refractivity contribution in [1.29, 1.82) is 0 Å². The lowest BCUT2D eigenvalue weighted by Crippen LogP contribution is -2.49. The molecule has 1 aromatic rings. The molecule has 0 saturated heterocycles. The molecule has 1 aliphatic carbocycles. The molecule has 0 aromatic heterocycles. The van der Waals surface area contributed by atoms with Crippen molar-refractivity contribution in [2.45, 2.75) is 32.7 Å². The molecule has 0 saturated carbocycles. The van der Waals surface area contributed by atoms with Crippen molar-refractivity contribution in [3.05, 3.63) is 46.9 Å². The average molecular weight is 302 g/mol. The number of Topliss-reactive ketones (excluding diaryl/α,β-unsaturated/α-hetero) is 1. The molecule has 0 radical (unpaired) electrons. The third kappa shape index (κ3) is 2.40. The molecule has 0 bridgehead atoms. The molecule has 3 rings (SSSR count). The van der Waals surface area contributed by atoms with E-state index in [1.807, 2.05) is 13.8 Å². The summed E-state index contributed by atoms with van der Waals surface area (Å²) in [5.41, 5.74) is 1.98. The number of rotatable bonds is 1. The largest absolute Gasteiger partial charge is 0.327 e. The summed E-state index contributed by atoms with van der Waals surface area (Å²) in [6.07, 6.45) is 1.13. The highest BCUT2D eigenvalue weighted by atomic mass is 19.1. The van der Waals surface area contributed by atoms with Gasteiger partial charge in [0.2, 0.25) is 0 Å². The van der Waals surface area contributed by atoms with Gasteiger partial charge in [0.1, 0.15) is 5.82 Å². The van der Waals surface area contributed by atoms with E-state index >= 15 is 0 Å². The molecule has 1 atom stereocenters. The van der Waals surface area contributed by atoms with Crippen molar-refractivity contribution in [3.8, 4) is 0 Å². The van der Waals surface area contributed by atoms with Crippen molar-refractivity contribution < 1.29 is 14.0 Å². The molecule has 1 heterocycles. The highest BCUT2D eigenvalue weighted by Gasteiger charge is 2.42. The van der Waals surface area contributed by atoms with Crippen LogP contribution in [0.5, 0.6) is 0 Å². The zero-order valence-corrected chi connectivity index (χ0v) is 12.9.